The maximum absolute atomic E-state index is 13.5. The second-order valence-electron chi connectivity index (χ2n) is 3.28. The van der Waals surface area contributed by atoms with Crippen LogP contribution < -0.4 is 10.5 Å². The molecule has 2 nitrogen and oxygen atoms in total. The van der Waals surface area contributed by atoms with Crippen molar-refractivity contribution in [2.45, 2.75) is 25.8 Å². The molecule has 78 valence electrons. The summed E-state index contributed by atoms with van der Waals surface area (Å²) in [7, 11) is 1.51. The van der Waals surface area contributed by atoms with Crippen molar-refractivity contribution < 1.29 is 9.13 Å². The van der Waals surface area contributed by atoms with Crippen LogP contribution in [-0.4, -0.2) is 7.11 Å². The van der Waals surface area contributed by atoms with Crippen molar-refractivity contribution >= 4 is 0 Å². The Morgan fingerprint density at radius 3 is 2.71 bits per heavy atom. The Kier molecular flexibility index (Phi) is 3.89. The summed E-state index contributed by atoms with van der Waals surface area (Å²) in [4.78, 5) is 0. The minimum absolute atomic E-state index is 0.217. The molecule has 0 fully saturated rings. The Balaban J connectivity index is 2.88. The van der Waals surface area contributed by atoms with Crippen molar-refractivity contribution in [3.05, 3.63) is 29.6 Å². The fourth-order valence-corrected chi connectivity index (χ4v) is 1.40. The Morgan fingerprint density at radius 2 is 2.21 bits per heavy atom. The topological polar surface area (TPSA) is 35.2 Å². The van der Waals surface area contributed by atoms with Gasteiger partial charge in [0.05, 0.1) is 7.11 Å². The molecule has 0 spiro atoms. The summed E-state index contributed by atoms with van der Waals surface area (Å²) in [5.41, 5.74) is 6.38. The van der Waals surface area contributed by atoms with Gasteiger partial charge in [-0.25, -0.2) is 4.39 Å². The van der Waals surface area contributed by atoms with Crippen LogP contribution in [0.1, 0.15) is 31.4 Å². The van der Waals surface area contributed by atoms with Crippen molar-refractivity contribution in [1.82, 2.24) is 0 Å². The predicted octanol–water partition coefficient (Wildman–Crippen LogP) is 2.63. The molecule has 2 N–H and O–H groups in total. The van der Waals surface area contributed by atoms with Gasteiger partial charge in [-0.1, -0.05) is 19.4 Å². The molecule has 0 aliphatic carbocycles. The number of benzene rings is 1. The van der Waals surface area contributed by atoms with Gasteiger partial charge in [-0.3, -0.25) is 0 Å². The predicted molar refractivity (Wildman–Crippen MR) is 54.8 cm³/mol. The average molecular weight is 197 g/mol. The number of ether oxygens (including phenoxy) is 1. The maximum Gasteiger partial charge on any atom is 0.131 e. The third-order valence-corrected chi connectivity index (χ3v) is 2.21. The van der Waals surface area contributed by atoms with Gasteiger partial charge in [-0.05, 0) is 12.5 Å². The first-order valence-corrected chi connectivity index (χ1v) is 4.78. The highest BCUT2D eigenvalue weighted by molar-refractivity contribution is 5.30. The lowest BCUT2D eigenvalue weighted by Gasteiger charge is -2.12. The van der Waals surface area contributed by atoms with Crippen LogP contribution in [0.5, 0.6) is 5.75 Å². The van der Waals surface area contributed by atoms with Crippen molar-refractivity contribution in [1.29, 1.82) is 0 Å². The van der Waals surface area contributed by atoms with E-state index in [2.05, 4.69) is 0 Å². The molecule has 1 aromatic rings. The third kappa shape index (κ3) is 2.45. The van der Waals surface area contributed by atoms with Crippen molar-refractivity contribution in [3.63, 3.8) is 0 Å². The van der Waals surface area contributed by atoms with E-state index in [-0.39, 0.29) is 11.9 Å². The Morgan fingerprint density at radius 1 is 1.50 bits per heavy atom. The lowest BCUT2D eigenvalue weighted by Crippen LogP contribution is -2.11. The Bertz CT molecular complexity index is 301. The zero-order chi connectivity index (χ0) is 10.6. The van der Waals surface area contributed by atoms with E-state index in [0.29, 0.717) is 11.3 Å². The van der Waals surface area contributed by atoms with Crippen molar-refractivity contribution in [3.8, 4) is 5.75 Å². The molecule has 0 heterocycles. The molecule has 0 aliphatic heterocycles. The molecule has 14 heavy (non-hydrogen) atoms. The molecule has 1 atom stereocenters. The summed E-state index contributed by atoms with van der Waals surface area (Å²) in [5.74, 6) is 0.236. The fraction of sp³-hybridized carbons (Fsp3) is 0.455. The summed E-state index contributed by atoms with van der Waals surface area (Å²) in [6.45, 7) is 2.03. The minimum Gasteiger partial charge on any atom is -0.497 e. The summed E-state index contributed by atoms with van der Waals surface area (Å²) in [6, 6.07) is 4.57. The maximum atomic E-state index is 13.5. The van der Waals surface area contributed by atoms with Gasteiger partial charge in [0.2, 0.25) is 0 Å². The first-order chi connectivity index (χ1) is 6.69. The third-order valence-electron chi connectivity index (χ3n) is 2.21. The number of rotatable bonds is 4. The Labute approximate surface area is 83.9 Å². The number of halogens is 1. The number of nitrogens with two attached hydrogens (primary N) is 1. The molecule has 0 amide bonds. The molecular formula is C11H16FNO. The minimum atomic E-state index is -0.287. The van der Waals surface area contributed by atoms with Crippen LogP contribution in [0, 0.1) is 5.82 Å². The van der Waals surface area contributed by atoms with E-state index in [1.165, 1.54) is 13.2 Å². The number of hydrogen-bond acceptors (Lipinski definition) is 2. The van der Waals surface area contributed by atoms with Crippen LogP contribution in [0.4, 0.5) is 4.39 Å². The molecule has 0 saturated heterocycles. The van der Waals surface area contributed by atoms with Gasteiger partial charge in [-0.2, -0.15) is 0 Å². The summed E-state index contributed by atoms with van der Waals surface area (Å²) in [6.07, 6.45) is 1.75. The summed E-state index contributed by atoms with van der Waals surface area (Å²) in [5, 5.41) is 0. The van der Waals surface area contributed by atoms with Crippen LogP contribution >= 0.6 is 0 Å². The highest BCUT2D eigenvalue weighted by Crippen LogP contribution is 2.22. The first kappa shape index (κ1) is 11.0. The van der Waals surface area contributed by atoms with Crippen molar-refractivity contribution in [2.75, 3.05) is 7.11 Å². The van der Waals surface area contributed by atoms with Gasteiger partial charge < -0.3 is 10.5 Å². The van der Waals surface area contributed by atoms with E-state index in [1.54, 1.807) is 12.1 Å². The Hall–Kier alpha value is -1.09. The van der Waals surface area contributed by atoms with Crippen LogP contribution in [0.2, 0.25) is 0 Å². The SMILES string of the molecule is CCC[C@H](N)c1ccc(OC)cc1F. The van der Waals surface area contributed by atoms with Crippen LogP contribution in [0.15, 0.2) is 18.2 Å². The van der Waals surface area contributed by atoms with E-state index in [0.717, 1.165) is 12.8 Å². The lowest BCUT2D eigenvalue weighted by atomic mass is 10.0. The molecule has 1 rings (SSSR count). The monoisotopic (exact) mass is 197 g/mol. The second-order valence-corrected chi connectivity index (χ2v) is 3.28. The first-order valence-electron chi connectivity index (χ1n) is 4.78. The van der Waals surface area contributed by atoms with Gasteiger partial charge in [0.1, 0.15) is 11.6 Å². The normalized spacial score (nSPS) is 12.6. The lowest BCUT2D eigenvalue weighted by molar-refractivity contribution is 0.410. The highest BCUT2D eigenvalue weighted by Gasteiger charge is 2.10. The molecule has 0 bridgehead atoms. The van der Waals surface area contributed by atoms with Crippen LogP contribution in [0.3, 0.4) is 0 Å². The van der Waals surface area contributed by atoms with Gasteiger partial charge >= 0.3 is 0 Å². The van der Waals surface area contributed by atoms with E-state index in [4.69, 9.17) is 10.5 Å². The molecular weight excluding hydrogens is 181 g/mol. The zero-order valence-corrected chi connectivity index (χ0v) is 8.59. The molecule has 0 saturated carbocycles. The molecule has 0 unspecified atom stereocenters. The average Bonchev–Trinajstić information content (AvgIpc) is 2.17. The number of methoxy groups -OCH3 is 1. The van der Waals surface area contributed by atoms with Gasteiger partial charge in [-0.15, -0.1) is 0 Å². The molecule has 0 aliphatic rings. The van der Waals surface area contributed by atoms with E-state index in [1.807, 2.05) is 6.92 Å². The standard InChI is InChI=1S/C11H16FNO/c1-3-4-11(13)9-6-5-8(14-2)7-10(9)12/h5-7,11H,3-4,13H2,1-2H3/t11-/m0/s1. The zero-order valence-electron chi connectivity index (χ0n) is 8.59. The summed E-state index contributed by atoms with van der Waals surface area (Å²) >= 11 is 0. The van der Waals surface area contributed by atoms with E-state index >= 15 is 0 Å². The summed E-state index contributed by atoms with van der Waals surface area (Å²) < 4.78 is 18.4. The molecule has 1 aromatic carbocycles. The second kappa shape index (κ2) is 4.96. The number of hydrogen-bond donors (Lipinski definition) is 1. The molecule has 0 radical (unpaired) electrons. The largest absolute Gasteiger partial charge is 0.497 e. The quantitative estimate of drug-likeness (QED) is 0.805. The van der Waals surface area contributed by atoms with Crippen molar-refractivity contribution in [2.24, 2.45) is 5.73 Å². The molecule has 3 heteroatoms. The van der Waals surface area contributed by atoms with E-state index < -0.39 is 0 Å². The fourth-order valence-electron chi connectivity index (χ4n) is 1.40. The van der Waals surface area contributed by atoms with Gasteiger partial charge in [0.25, 0.3) is 0 Å². The van der Waals surface area contributed by atoms with Gasteiger partial charge in [0, 0.05) is 17.7 Å². The smallest absolute Gasteiger partial charge is 0.131 e. The highest BCUT2D eigenvalue weighted by atomic mass is 19.1. The van der Waals surface area contributed by atoms with Crippen LogP contribution in [-0.2, 0) is 0 Å². The van der Waals surface area contributed by atoms with Crippen LogP contribution in [0.25, 0.3) is 0 Å². The molecule has 0 aromatic heterocycles. The van der Waals surface area contributed by atoms with Gasteiger partial charge in [0.15, 0.2) is 0 Å². The van der Waals surface area contributed by atoms with E-state index in [9.17, 15) is 4.39 Å².